The third-order valence-electron chi connectivity index (χ3n) is 6.08. The van der Waals surface area contributed by atoms with Gasteiger partial charge < -0.3 is 10.2 Å². The van der Waals surface area contributed by atoms with E-state index in [1.54, 1.807) is 64.8 Å². The Labute approximate surface area is 208 Å². The van der Waals surface area contributed by atoms with Gasteiger partial charge in [0.2, 0.25) is 0 Å². The molecule has 1 N–H and O–H groups in total. The molecule has 0 spiro atoms. The number of nitrogens with zero attached hydrogens (tertiary/aromatic N) is 7. The monoisotopic (exact) mass is 482 g/mol. The summed E-state index contributed by atoms with van der Waals surface area (Å²) in [6.45, 7) is 6.53. The molecular weight excluding hydrogens is 456 g/mol. The van der Waals surface area contributed by atoms with Crippen LogP contribution in [0.4, 0.5) is 5.69 Å². The quantitative estimate of drug-likeness (QED) is 0.449. The van der Waals surface area contributed by atoms with Crippen LogP contribution in [0.3, 0.4) is 0 Å². The number of pyridine rings is 1. The number of nitrogens with one attached hydrogen (secondary N) is 1. The molecule has 0 radical (unpaired) electrons. The highest BCUT2D eigenvalue weighted by Gasteiger charge is 2.37. The van der Waals surface area contributed by atoms with E-state index in [1.165, 1.54) is 0 Å². The van der Waals surface area contributed by atoms with Crippen LogP contribution in [0.15, 0.2) is 61.3 Å². The fraction of sp³-hybridized carbons (Fsp3) is 0.269. The summed E-state index contributed by atoms with van der Waals surface area (Å²) < 4.78 is 1.79. The lowest BCUT2D eigenvalue weighted by Crippen LogP contribution is -2.30. The van der Waals surface area contributed by atoms with E-state index in [-0.39, 0.29) is 30.3 Å². The van der Waals surface area contributed by atoms with Gasteiger partial charge in [0.1, 0.15) is 12.0 Å². The first-order valence-corrected chi connectivity index (χ1v) is 11.7. The summed E-state index contributed by atoms with van der Waals surface area (Å²) in [7, 11) is 0. The molecule has 1 aliphatic rings. The van der Waals surface area contributed by atoms with E-state index >= 15 is 0 Å². The summed E-state index contributed by atoms with van der Waals surface area (Å²) in [6.07, 6.45) is 6.60. The molecule has 4 aromatic rings. The Hall–Kier alpha value is -4.47. The van der Waals surface area contributed by atoms with E-state index < -0.39 is 0 Å². The zero-order chi connectivity index (χ0) is 25.2. The van der Waals surface area contributed by atoms with Gasteiger partial charge in [-0.05, 0) is 56.7 Å². The highest BCUT2D eigenvalue weighted by molar-refractivity contribution is 6.07. The van der Waals surface area contributed by atoms with Gasteiger partial charge in [-0.3, -0.25) is 29.2 Å². The van der Waals surface area contributed by atoms with Gasteiger partial charge in [0, 0.05) is 36.2 Å². The lowest BCUT2D eigenvalue weighted by Gasteiger charge is -2.17. The van der Waals surface area contributed by atoms with Crippen LogP contribution < -0.4 is 10.2 Å². The van der Waals surface area contributed by atoms with Crippen LogP contribution >= 0.6 is 0 Å². The average Bonchev–Trinajstić information content (AvgIpc) is 3.53. The highest BCUT2D eigenvalue weighted by atomic mass is 16.2. The number of carbonyl (C=O) groups is 2. The molecule has 182 valence electrons. The molecule has 0 aliphatic carbocycles. The van der Waals surface area contributed by atoms with E-state index in [0.29, 0.717) is 29.3 Å². The summed E-state index contributed by atoms with van der Waals surface area (Å²) in [4.78, 5) is 45.2. The van der Waals surface area contributed by atoms with Crippen molar-refractivity contribution in [3.63, 3.8) is 0 Å². The second kappa shape index (κ2) is 9.65. The average molecular weight is 483 g/mol. The van der Waals surface area contributed by atoms with E-state index in [1.807, 2.05) is 26.8 Å². The summed E-state index contributed by atoms with van der Waals surface area (Å²) in [5.41, 5.74) is 3.86. The van der Waals surface area contributed by atoms with Crippen LogP contribution in [0.5, 0.6) is 0 Å². The first-order chi connectivity index (χ1) is 17.4. The summed E-state index contributed by atoms with van der Waals surface area (Å²) in [5.74, 6) is -0.121. The predicted octanol–water partition coefficient (Wildman–Crippen LogP) is 3.07. The third kappa shape index (κ3) is 4.57. The molecular formula is C26H26N8O2. The number of carbonyl (C=O) groups excluding carboxylic acids is 2. The van der Waals surface area contributed by atoms with Crippen molar-refractivity contribution in [1.29, 1.82) is 0 Å². The first-order valence-electron chi connectivity index (χ1n) is 11.7. The topological polar surface area (TPSA) is 119 Å². The molecule has 0 bridgehead atoms. The molecule has 1 aromatic carbocycles. The van der Waals surface area contributed by atoms with E-state index in [0.717, 1.165) is 16.9 Å². The molecule has 1 atom stereocenters. The summed E-state index contributed by atoms with van der Waals surface area (Å²) in [5, 5.41) is 7.54. The molecule has 2 amide bonds. The normalized spacial score (nSPS) is 14.7. The molecule has 5 rings (SSSR count). The fourth-order valence-electron chi connectivity index (χ4n) is 4.12. The zero-order valence-electron chi connectivity index (χ0n) is 20.3. The van der Waals surface area contributed by atoms with Crippen LogP contribution in [0, 0.1) is 6.92 Å². The van der Waals surface area contributed by atoms with Crippen molar-refractivity contribution < 1.29 is 9.59 Å². The number of fused-ring (bicyclic) bond motifs is 1. The molecule has 4 heterocycles. The van der Waals surface area contributed by atoms with Gasteiger partial charge in [0.25, 0.3) is 11.8 Å². The van der Waals surface area contributed by atoms with Gasteiger partial charge in [-0.1, -0.05) is 6.07 Å². The van der Waals surface area contributed by atoms with E-state index in [4.69, 9.17) is 0 Å². The predicted molar refractivity (Wildman–Crippen MR) is 133 cm³/mol. The Balaban J connectivity index is 1.45. The number of rotatable bonds is 6. The minimum Gasteiger partial charge on any atom is -0.346 e. The molecule has 3 aromatic heterocycles. The Morgan fingerprint density at radius 1 is 1.08 bits per heavy atom. The molecule has 36 heavy (non-hydrogen) atoms. The highest BCUT2D eigenvalue weighted by Crippen LogP contribution is 2.40. The van der Waals surface area contributed by atoms with E-state index in [2.05, 4.69) is 30.4 Å². The maximum atomic E-state index is 13.3. The minimum absolute atomic E-state index is 0.153. The van der Waals surface area contributed by atoms with Gasteiger partial charge >= 0.3 is 0 Å². The lowest BCUT2D eigenvalue weighted by molar-refractivity contribution is 0.0949. The molecule has 0 saturated carbocycles. The van der Waals surface area contributed by atoms with Crippen LogP contribution in [0.25, 0.3) is 0 Å². The van der Waals surface area contributed by atoms with Gasteiger partial charge in [-0.15, -0.1) is 0 Å². The first kappa shape index (κ1) is 23.3. The smallest absolute Gasteiger partial charge is 0.276 e. The molecule has 10 nitrogen and oxygen atoms in total. The lowest BCUT2D eigenvalue weighted by atomic mass is 9.98. The number of aryl methyl sites for hydroxylation is 1. The Bertz CT molecular complexity index is 1400. The van der Waals surface area contributed by atoms with Crippen molar-refractivity contribution >= 4 is 17.5 Å². The van der Waals surface area contributed by atoms with Crippen molar-refractivity contribution in [1.82, 2.24) is 35.0 Å². The third-order valence-corrected chi connectivity index (χ3v) is 6.08. The van der Waals surface area contributed by atoms with Gasteiger partial charge in [0.15, 0.2) is 5.82 Å². The number of hydrogen-bond acceptors (Lipinski definition) is 7. The number of anilines is 1. The largest absolute Gasteiger partial charge is 0.346 e. The molecule has 1 aliphatic heterocycles. The molecule has 0 unspecified atom stereocenters. The van der Waals surface area contributed by atoms with Gasteiger partial charge in [-0.25, -0.2) is 4.98 Å². The fourth-order valence-corrected chi connectivity index (χ4v) is 4.12. The van der Waals surface area contributed by atoms with Gasteiger partial charge in [0.05, 0.1) is 30.0 Å². The number of amides is 2. The second-order valence-corrected chi connectivity index (χ2v) is 8.97. The number of hydrogen-bond donors (Lipinski definition) is 1. The van der Waals surface area contributed by atoms with Crippen LogP contribution in [0.2, 0.25) is 0 Å². The van der Waals surface area contributed by atoms with E-state index in [9.17, 15) is 9.59 Å². The van der Waals surface area contributed by atoms with Crippen molar-refractivity contribution in [2.24, 2.45) is 0 Å². The zero-order valence-corrected chi connectivity index (χ0v) is 20.3. The molecule has 0 saturated heterocycles. The Morgan fingerprint density at radius 3 is 2.64 bits per heavy atom. The molecule has 0 fully saturated rings. The number of aromatic nitrogens is 6. The maximum Gasteiger partial charge on any atom is 0.276 e. The Kier molecular flexibility index (Phi) is 6.24. The Morgan fingerprint density at radius 2 is 1.94 bits per heavy atom. The summed E-state index contributed by atoms with van der Waals surface area (Å²) >= 11 is 0. The van der Waals surface area contributed by atoms with Crippen LogP contribution in [0.1, 0.15) is 69.4 Å². The van der Waals surface area contributed by atoms with Crippen molar-refractivity contribution in [2.45, 2.75) is 39.3 Å². The van der Waals surface area contributed by atoms with Crippen molar-refractivity contribution in [3.8, 4) is 0 Å². The van der Waals surface area contributed by atoms with Crippen molar-refractivity contribution in [2.75, 3.05) is 11.4 Å². The summed E-state index contributed by atoms with van der Waals surface area (Å²) in [6, 6.07) is 10.7. The minimum atomic E-state index is -0.275. The second-order valence-electron chi connectivity index (χ2n) is 8.97. The molecule has 10 heteroatoms. The SMILES string of the molecule is Cc1cnc(CNC(=O)c2ccc3c(c2)[C@@H](c2ncn(C(C)C)n2)CN3C(=O)c2ccccn2)cn1. The maximum absolute atomic E-state index is 13.3. The van der Waals surface area contributed by atoms with Crippen LogP contribution in [-0.4, -0.2) is 48.1 Å². The number of benzene rings is 1. The van der Waals surface area contributed by atoms with Gasteiger partial charge in [-0.2, -0.15) is 5.10 Å². The van der Waals surface area contributed by atoms with Crippen molar-refractivity contribution in [3.05, 3.63) is 95.3 Å². The van der Waals surface area contributed by atoms with Crippen LogP contribution in [-0.2, 0) is 6.54 Å². The standard InChI is InChI=1S/C26H26N8O2/c1-16(2)34-15-31-24(32-34)21-14-33(26(36)22-6-4-5-9-27-22)23-8-7-18(10-20(21)23)25(35)30-13-19-12-28-17(3)11-29-19/h4-12,15-16,21H,13-14H2,1-3H3,(H,30,35)/t21-/m0/s1.